The Morgan fingerprint density at radius 1 is 1.16 bits per heavy atom. The molecule has 0 aliphatic rings. The molecule has 0 radical (unpaired) electrons. The van der Waals surface area contributed by atoms with Crippen molar-refractivity contribution in [2.45, 2.75) is 0 Å². The molecule has 0 bridgehead atoms. The summed E-state index contributed by atoms with van der Waals surface area (Å²) in [6.45, 7) is 1.79. The van der Waals surface area contributed by atoms with Crippen LogP contribution in [0.2, 0.25) is 0 Å². The van der Waals surface area contributed by atoms with Crippen LogP contribution >= 0.6 is 11.3 Å². The smallest absolute Gasteiger partial charge is 0.144 e. The van der Waals surface area contributed by atoms with Gasteiger partial charge in [-0.3, -0.25) is 4.68 Å². The van der Waals surface area contributed by atoms with Crippen LogP contribution in [0.4, 0.5) is 22.9 Å². The Hall–Kier alpha value is -3.30. The van der Waals surface area contributed by atoms with E-state index in [1.807, 2.05) is 43.0 Å². The van der Waals surface area contributed by atoms with Gasteiger partial charge in [0.25, 0.3) is 0 Å². The molecule has 0 atom stereocenters. The van der Waals surface area contributed by atoms with Crippen molar-refractivity contribution in [3.05, 3.63) is 41.9 Å². The Bertz CT molecular complexity index is 1230. The summed E-state index contributed by atoms with van der Waals surface area (Å²) in [6.07, 6.45) is 1.78. The SMILES string of the molecule is COc1cc(N(C)CCN(C)C)c(N)cc1Nc1cc(-c2nn(C)c3ccsc23)ccn1. The second-order valence-corrected chi connectivity index (χ2v) is 8.91. The number of likely N-dealkylation sites (N-methyl/N-ethyl adjacent to an activating group) is 2. The number of hydrogen-bond acceptors (Lipinski definition) is 8. The molecule has 168 valence electrons. The summed E-state index contributed by atoms with van der Waals surface area (Å²) in [7, 11) is 9.76. The Morgan fingerprint density at radius 3 is 2.72 bits per heavy atom. The number of fused-ring (bicyclic) bond motifs is 1. The van der Waals surface area contributed by atoms with E-state index in [0.29, 0.717) is 17.3 Å². The molecule has 4 aromatic rings. The van der Waals surface area contributed by atoms with Gasteiger partial charge in [-0.1, -0.05) is 0 Å². The largest absolute Gasteiger partial charge is 0.494 e. The summed E-state index contributed by atoms with van der Waals surface area (Å²) < 4.78 is 8.73. The first-order chi connectivity index (χ1) is 15.4. The fourth-order valence-electron chi connectivity index (χ4n) is 3.61. The monoisotopic (exact) mass is 451 g/mol. The Labute approximate surface area is 192 Å². The number of methoxy groups -OCH3 is 1. The number of nitrogens with one attached hydrogen (secondary N) is 1. The number of ether oxygens (including phenoxy) is 1. The van der Waals surface area contributed by atoms with E-state index in [9.17, 15) is 0 Å². The maximum atomic E-state index is 6.40. The number of thiophene rings is 1. The molecule has 1 aromatic carbocycles. The third kappa shape index (κ3) is 4.35. The molecule has 9 heteroatoms. The molecule has 8 nitrogen and oxygen atoms in total. The van der Waals surface area contributed by atoms with Crippen LogP contribution in [0.15, 0.2) is 41.9 Å². The fraction of sp³-hybridized carbons (Fsp3) is 0.304. The Balaban J connectivity index is 1.62. The average molecular weight is 452 g/mol. The number of anilines is 4. The molecular weight excluding hydrogens is 422 g/mol. The summed E-state index contributed by atoms with van der Waals surface area (Å²) in [6, 6.07) is 9.91. The average Bonchev–Trinajstić information content (AvgIpc) is 3.36. The first-order valence-electron chi connectivity index (χ1n) is 10.3. The van der Waals surface area contributed by atoms with Gasteiger partial charge in [0.2, 0.25) is 0 Å². The molecule has 0 saturated carbocycles. The Morgan fingerprint density at radius 2 is 1.97 bits per heavy atom. The Kier molecular flexibility index (Phi) is 6.20. The van der Waals surface area contributed by atoms with E-state index in [0.717, 1.165) is 45.9 Å². The molecule has 0 unspecified atom stereocenters. The van der Waals surface area contributed by atoms with Crippen LogP contribution in [0, 0.1) is 0 Å². The lowest BCUT2D eigenvalue weighted by Crippen LogP contribution is -2.29. The number of aryl methyl sites for hydroxylation is 1. The van der Waals surface area contributed by atoms with Gasteiger partial charge in [0.05, 0.1) is 34.4 Å². The summed E-state index contributed by atoms with van der Waals surface area (Å²) in [5.74, 6) is 1.40. The predicted octanol–water partition coefficient (Wildman–Crippen LogP) is 4.03. The van der Waals surface area contributed by atoms with Crippen LogP contribution in [0.1, 0.15) is 0 Å². The topological polar surface area (TPSA) is 84.5 Å². The highest BCUT2D eigenvalue weighted by atomic mass is 32.1. The fourth-order valence-corrected chi connectivity index (χ4v) is 4.53. The highest BCUT2D eigenvalue weighted by molar-refractivity contribution is 7.17. The van der Waals surface area contributed by atoms with Crippen molar-refractivity contribution < 1.29 is 4.74 Å². The molecule has 3 heterocycles. The van der Waals surface area contributed by atoms with Gasteiger partial charge in [-0.15, -0.1) is 11.3 Å². The van der Waals surface area contributed by atoms with Gasteiger partial charge in [-0.25, -0.2) is 4.98 Å². The molecule has 0 aliphatic carbocycles. The molecule has 3 aromatic heterocycles. The minimum absolute atomic E-state index is 0.677. The molecule has 0 amide bonds. The number of benzene rings is 1. The van der Waals surface area contributed by atoms with Crippen LogP contribution in [0.5, 0.6) is 5.75 Å². The van der Waals surface area contributed by atoms with Crippen molar-refractivity contribution in [3.8, 4) is 17.0 Å². The molecule has 4 rings (SSSR count). The maximum absolute atomic E-state index is 6.40. The summed E-state index contributed by atoms with van der Waals surface area (Å²) in [5, 5.41) is 10.1. The summed E-state index contributed by atoms with van der Waals surface area (Å²) in [4.78, 5) is 8.77. The van der Waals surface area contributed by atoms with Crippen molar-refractivity contribution in [2.24, 2.45) is 7.05 Å². The first-order valence-corrected chi connectivity index (χ1v) is 11.2. The van der Waals surface area contributed by atoms with Gasteiger partial charge in [0.1, 0.15) is 17.3 Å². The third-order valence-electron chi connectivity index (χ3n) is 5.40. The lowest BCUT2D eigenvalue weighted by atomic mass is 10.1. The zero-order valence-corrected chi connectivity index (χ0v) is 19.9. The van der Waals surface area contributed by atoms with Gasteiger partial charge < -0.3 is 25.6 Å². The second kappa shape index (κ2) is 9.05. The summed E-state index contributed by atoms with van der Waals surface area (Å²) in [5.41, 5.74) is 11.9. The van der Waals surface area contributed by atoms with E-state index >= 15 is 0 Å². The molecule has 0 saturated heterocycles. The quantitative estimate of drug-likeness (QED) is 0.391. The van der Waals surface area contributed by atoms with Crippen molar-refractivity contribution >= 4 is 44.4 Å². The van der Waals surface area contributed by atoms with E-state index in [1.165, 1.54) is 0 Å². The third-order valence-corrected chi connectivity index (χ3v) is 6.31. The number of aromatic nitrogens is 3. The van der Waals surface area contributed by atoms with E-state index in [2.05, 4.69) is 45.6 Å². The maximum Gasteiger partial charge on any atom is 0.144 e. The van der Waals surface area contributed by atoms with Gasteiger partial charge >= 0.3 is 0 Å². The highest BCUT2D eigenvalue weighted by Gasteiger charge is 2.15. The predicted molar refractivity (Wildman–Crippen MR) is 134 cm³/mol. The number of nitrogens with zero attached hydrogens (tertiary/aromatic N) is 5. The van der Waals surface area contributed by atoms with E-state index in [4.69, 9.17) is 15.6 Å². The number of nitrogens with two attached hydrogens (primary N) is 1. The van der Waals surface area contributed by atoms with Gasteiger partial charge in [0, 0.05) is 45.0 Å². The lowest BCUT2D eigenvalue weighted by Gasteiger charge is -2.24. The number of nitrogen functional groups attached to an aromatic ring is 1. The normalized spacial score (nSPS) is 11.3. The van der Waals surface area contributed by atoms with Crippen LogP contribution in [-0.2, 0) is 7.05 Å². The molecule has 3 N–H and O–H groups in total. The lowest BCUT2D eigenvalue weighted by molar-refractivity contribution is 0.413. The molecule has 0 aliphatic heterocycles. The van der Waals surface area contributed by atoms with E-state index < -0.39 is 0 Å². The minimum atomic E-state index is 0.677. The van der Waals surface area contributed by atoms with Crippen molar-refractivity contribution in [1.29, 1.82) is 0 Å². The van der Waals surface area contributed by atoms with Crippen molar-refractivity contribution in [3.63, 3.8) is 0 Å². The molecule has 0 fully saturated rings. The first kappa shape index (κ1) is 21.9. The molecule has 0 spiro atoms. The van der Waals surface area contributed by atoms with Crippen LogP contribution in [0.3, 0.4) is 0 Å². The standard InChI is InChI=1S/C23H29N7OS/c1-28(2)9-10-29(3)19-14-20(31-5)17(13-16(19)24)26-21-12-15(6-8-25-21)22-23-18(7-11-32-23)30(4)27-22/h6-8,11-14H,9-10,24H2,1-5H3,(H,25,26). The molecular formula is C23H29N7OS. The van der Waals surface area contributed by atoms with Gasteiger partial charge in [-0.2, -0.15) is 5.10 Å². The number of hydrogen-bond donors (Lipinski definition) is 2. The minimum Gasteiger partial charge on any atom is -0.494 e. The van der Waals surface area contributed by atoms with Crippen LogP contribution < -0.4 is 20.7 Å². The van der Waals surface area contributed by atoms with E-state index in [-0.39, 0.29) is 0 Å². The van der Waals surface area contributed by atoms with E-state index in [1.54, 1.807) is 24.6 Å². The van der Waals surface area contributed by atoms with Crippen LogP contribution in [-0.4, -0.2) is 61.0 Å². The highest BCUT2D eigenvalue weighted by Crippen LogP contribution is 2.37. The summed E-state index contributed by atoms with van der Waals surface area (Å²) >= 11 is 1.69. The van der Waals surface area contributed by atoms with Crippen LogP contribution in [0.25, 0.3) is 21.5 Å². The zero-order chi connectivity index (χ0) is 22.8. The van der Waals surface area contributed by atoms with Crippen molar-refractivity contribution in [1.82, 2.24) is 19.7 Å². The molecule has 32 heavy (non-hydrogen) atoms. The van der Waals surface area contributed by atoms with Crippen molar-refractivity contribution in [2.75, 3.05) is 57.3 Å². The van der Waals surface area contributed by atoms with Gasteiger partial charge in [-0.05, 0) is 43.7 Å². The second-order valence-electron chi connectivity index (χ2n) is 8.00. The number of rotatable bonds is 8. The zero-order valence-electron chi connectivity index (χ0n) is 19.1. The van der Waals surface area contributed by atoms with Gasteiger partial charge in [0.15, 0.2) is 0 Å². The number of pyridine rings is 1.